The Labute approximate surface area is 150 Å². The van der Waals surface area contributed by atoms with Crippen LogP contribution in [0.25, 0.3) is 5.82 Å². The minimum absolute atomic E-state index is 0.214. The molecule has 138 valence electrons. The average Bonchev–Trinajstić information content (AvgIpc) is 3.38. The van der Waals surface area contributed by atoms with Gasteiger partial charge in [0.05, 0.1) is 19.3 Å². The lowest BCUT2D eigenvalue weighted by Gasteiger charge is -2.22. The van der Waals surface area contributed by atoms with Crippen molar-refractivity contribution in [2.24, 2.45) is 0 Å². The van der Waals surface area contributed by atoms with E-state index in [0.29, 0.717) is 19.0 Å². The first-order chi connectivity index (χ1) is 12.7. The van der Waals surface area contributed by atoms with Gasteiger partial charge < -0.3 is 15.4 Å². The maximum atomic E-state index is 12.3. The highest BCUT2D eigenvalue weighted by Gasteiger charge is 2.33. The van der Waals surface area contributed by atoms with E-state index < -0.39 is 0 Å². The lowest BCUT2D eigenvalue weighted by molar-refractivity contribution is 0.180. The Hall–Kier alpha value is -2.68. The number of amides is 2. The van der Waals surface area contributed by atoms with Crippen molar-refractivity contribution in [3.63, 3.8) is 0 Å². The topological polar surface area (TPSA) is 103 Å². The molecular formula is C17H22N6O3. The lowest BCUT2D eigenvalue weighted by atomic mass is 10.2. The molecule has 2 fully saturated rings. The molecule has 1 saturated heterocycles. The fourth-order valence-corrected chi connectivity index (χ4v) is 3.57. The van der Waals surface area contributed by atoms with Crippen LogP contribution in [0.3, 0.4) is 0 Å². The third kappa shape index (κ3) is 3.48. The summed E-state index contributed by atoms with van der Waals surface area (Å²) in [5.41, 5.74) is -0.237. The first-order valence-electron chi connectivity index (χ1n) is 8.95. The maximum Gasteiger partial charge on any atom is 0.315 e. The predicted molar refractivity (Wildman–Crippen MR) is 93.2 cm³/mol. The van der Waals surface area contributed by atoms with Gasteiger partial charge in [-0.2, -0.15) is 5.10 Å². The molecule has 3 heterocycles. The molecule has 9 nitrogen and oxygen atoms in total. The van der Waals surface area contributed by atoms with Crippen molar-refractivity contribution in [1.29, 1.82) is 0 Å². The zero-order chi connectivity index (χ0) is 17.9. The van der Waals surface area contributed by atoms with Crippen LogP contribution >= 0.6 is 0 Å². The molecule has 2 atom stereocenters. The number of aromatic nitrogens is 4. The van der Waals surface area contributed by atoms with Crippen LogP contribution in [0.15, 0.2) is 35.4 Å². The van der Waals surface area contributed by atoms with Crippen LogP contribution in [0.5, 0.6) is 0 Å². The molecule has 2 aliphatic rings. The number of hydrogen-bond donors (Lipinski definition) is 2. The van der Waals surface area contributed by atoms with E-state index in [1.807, 2.05) is 0 Å². The quantitative estimate of drug-likeness (QED) is 0.834. The maximum absolute atomic E-state index is 12.3. The summed E-state index contributed by atoms with van der Waals surface area (Å²) >= 11 is 0. The van der Waals surface area contributed by atoms with Crippen molar-refractivity contribution in [1.82, 2.24) is 30.2 Å². The highest BCUT2D eigenvalue weighted by molar-refractivity contribution is 5.74. The Morgan fingerprint density at radius 2 is 2.04 bits per heavy atom. The third-order valence-corrected chi connectivity index (χ3v) is 4.92. The highest BCUT2D eigenvalue weighted by atomic mass is 16.5. The number of carbonyl (C=O) groups excluding carboxylic acids is 1. The minimum atomic E-state index is -0.354. The Morgan fingerprint density at radius 3 is 2.81 bits per heavy atom. The van der Waals surface area contributed by atoms with Gasteiger partial charge >= 0.3 is 6.03 Å². The predicted octanol–water partition coefficient (Wildman–Crippen LogP) is 0.611. The SMILES string of the molecule is O=C(NC1CCCC1)NC1COCC1n1nc(-n2cccn2)ccc1=O. The molecule has 2 aromatic heterocycles. The van der Waals surface area contributed by atoms with E-state index in [-0.39, 0.29) is 29.7 Å². The van der Waals surface area contributed by atoms with E-state index in [4.69, 9.17) is 4.74 Å². The molecule has 1 aliphatic heterocycles. The van der Waals surface area contributed by atoms with Crippen LogP contribution in [-0.2, 0) is 4.74 Å². The number of carbonyl (C=O) groups is 1. The molecule has 2 unspecified atom stereocenters. The first kappa shape index (κ1) is 16.8. The van der Waals surface area contributed by atoms with Crippen molar-refractivity contribution in [3.05, 3.63) is 40.9 Å². The molecule has 26 heavy (non-hydrogen) atoms. The van der Waals surface area contributed by atoms with Crippen LogP contribution in [0.4, 0.5) is 4.79 Å². The highest BCUT2D eigenvalue weighted by Crippen LogP contribution is 2.19. The molecule has 2 aromatic rings. The molecule has 9 heteroatoms. The zero-order valence-electron chi connectivity index (χ0n) is 14.4. The third-order valence-electron chi connectivity index (χ3n) is 4.92. The molecular weight excluding hydrogens is 336 g/mol. The van der Waals surface area contributed by atoms with Crippen LogP contribution in [0.2, 0.25) is 0 Å². The van der Waals surface area contributed by atoms with Crippen LogP contribution in [-0.4, -0.2) is 50.9 Å². The van der Waals surface area contributed by atoms with E-state index in [1.165, 1.54) is 10.7 Å². The Balaban J connectivity index is 1.50. The molecule has 2 N–H and O–H groups in total. The van der Waals surface area contributed by atoms with Gasteiger partial charge in [0.15, 0.2) is 5.82 Å². The Kier molecular flexibility index (Phi) is 4.70. The first-order valence-corrected chi connectivity index (χ1v) is 8.95. The molecule has 0 bridgehead atoms. The van der Waals surface area contributed by atoms with Gasteiger partial charge in [-0.3, -0.25) is 4.79 Å². The smallest absolute Gasteiger partial charge is 0.315 e. The summed E-state index contributed by atoms with van der Waals surface area (Å²) < 4.78 is 8.48. The second-order valence-corrected chi connectivity index (χ2v) is 6.74. The fraction of sp³-hybridized carbons (Fsp3) is 0.529. The molecule has 1 saturated carbocycles. The molecule has 0 radical (unpaired) electrons. The van der Waals surface area contributed by atoms with Crippen molar-refractivity contribution in [3.8, 4) is 5.82 Å². The standard InChI is InChI=1S/C17H22N6O3/c24-16-7-6-15(22-9-3-8-18-22)21-23(16)14-11-26-10-13(14)20-17(25)19-12-4-1-2-5-12/h3,6-9,12-14H,1-2,4-5,10-11H2,(H2,19,20,25). The number of nitrogens with zero attached hydrogens (tertiary/aromatic N) is 4. The summed E-state index contributed by atoms with van der Waals surface area (Å²) in [7, 11) is 0. The van der Waals surface area contributed by atoms with Gasteiger partial charge in [-0.25, -0.2) is 14.2 Å². The Bertz CT molecular complexity index is 812. The van der Waals surface area contributed by atoms with Gasteiger partial charge in [0, 0.05) is 24.5 Å². The van der Waals surface area contributed by atoms with E-state index in [0.717, 1.165) is 25.7 Å². The van der Waals surface area contributed by atoms with Crippen LogP contribution in [0.1, 0.15) is 31.7 Å². The summed E-state index contributed by atoms with van der Waals surface area (Å²) in [5, 5.41) is 14.5. The number of urea groups is 1. The summed E-state index contributed by atoms with van der Waals surface area (Å²) in [6.45, 7) is 0.673. The minimum Gasteiger partial charge on any atom is -0.377 e. The normalized spacial score (nSPS) is 23.2. The molecule has 4 rings (SSSR count). The average molecular weight is 358 g/mol. The van der Waals surface area contributed by atoms with Gasteiger partial charge in [-0.1, -0.05) is 12.8 Å². The molecule has 0 spiro atoms. The van der Waals surface area contributed by atoms with Crippen molar-refractivity contribution in [2.45, 2.75) is 43.8 Å². The summed E-state index contributed by atoms with van der Waals surface area (Å²) in [6.07, 6.45) is 7.75. The van der Waals surface area contributed by atoms with Crippen LogP contribution < -0.4 is 16.2 Å². The van der Waals surface area contributed by atoms with Gasteiger partial charge in [0.2, 0.25) is 0 Å². The Morgan fingerprint density at radius 1 is 1.19 bits per heavy atom. The lowest BCUT2D eigenvalue weighted by Crippen LogP contribution is -2.49. The van der Waals surface area contributed by atoms with Gasteiger partial charge in [0.1, 0.15) is 6.04 Å². The van der Waals surface area contributed by atoms with Gasteiger partial charge in [-0.05, 0) is 25.0 Å². The zero-order valence-corrected chi connectivity index (χ0v) is 14.4. The van der Waals surface area contributed by atoms with Crippen molar-refractivity contribution >= 4 is 6.03 Å². The van der Waals surface area contributed by atoms with Crippen molar-refractivity contribution in [2.75, 3.05) is 13.2 Å². The van der Waals surface area contributed by atoms with E-state index in [2.05, 4.69) is 20.8 Å². The monoisotopic (exact) mass is 358 g/mol. The van der Waals surface area contributed by atoms with Crippen LogP contribution in [0, 0.1) is 0 Å². The molecule has 1 aliphatic carbocycles. The summed E-state index contributed by atoms with van der Waals surface area (Å²) in [6, 6.07) is 4.22. The van der Waals surface area contributed by atoms with E-state index >= 15 is 0 Å². The molecule has 2 amide bonds. The molecule has 0 aromatic carbocycles. The number of ether oxygens (including phenoxy) is 1. The van der Waals surface area contributed by atoms with Gasteiger partial charge in [0.25, 0.3) is 5.56 Å². The number of hydrogen-bond acceptors (Lipinski definition) is 5. The number of nitrogens with one attached hydrogen (secondary N) is 2. The van der Waals surface area contributed by atoms with E-state index in [9.17, 15) is 9.59 Å². The van der Waals surface area contributed by atoms with E-state index in [1.54, 1.807) is 29.2 Å². The number of rotatable bonds is 4. The largest absolute Gasteiger partial charge is 0.377 e. The van der Waals surface area contributed by atoms with Crippen molar-refractivity contribution < 1.29 is 9.53 Å². The second-order valence-electron chi connectivity index (χ2n) is 6.74. The van der Waals surface area contributed by atoms with Gasteiger partial charge in [-0.15, -0.1) is 5.10 Å². The summed E-state index contributed by atoms with van der Waals surface area (Å²) in [5.74, 6) is 0.538. The summed E-state index contributed by atoms with van der Waals surface area (Å²) in [4.78, 5) is 24.6. The fourth-order valence-electron chi connectivity index (χ4n) is 3.57. The second kappa shape index (κ2) is 7.28.